The molecule has 2 atom stereocenters. The van der Waals surface area contributed by atoms with Crippen molar-refractivity contribution in [3.05, 3.63) is 88.9 Å². The second-order valence-electron chi connectivity index (χ2n) is 10.3. The zero-order chi connectivity index (χ0) is 27.4. The molecule has 2 aliphatic rings. The molecule has 1 saturated carbocycles. The summed E-state index contributed by atoms with van der Waals surface area (Å²) < 4.78 is 27.8. The number of nitrogens with zero attached hydrogens (tertiary/aromatic N) is 3. The number of nitrogens with one attached hydrogen (secondary N) is 2. The van der Waals surface area contributed by atoms with E-state index in [0.717, 1.165) is 56.0 Å². The second-order valence-corrected chi connectivity index (χ2v) is 10.3. The molecule has 1 aromatic heterocycles. The number of aromatic nitrogens is 2. The van der Waals surface area contributed by atoms with E-state index in [-0.39, 0.29) is 24.2 Å². The molecule has 1 saturated heterocycles. The van der Waals surface area contributed by atoms with E-state index in [2.05, 4.69) is 31.4 Å². The van der Waals surface area contributed by atoms with Gasteiger partial charge in [-0.15, -0.1) is 6.42 Å². The Morgan fingerprint density at radius 1 is 1.10 bits per heavy atom. The molecule has 3 N–H and O–H groups in total. The molecule has 1 amide bonds. The lowest BCUT2D eigenvalue weighted by Crippen LogP contribution is -2.50. The first-order chi connectivity index (χ1) is 18.8. The molecule has 0 spiro atoms. The summed E-state index contributed by atoms with van der Waals surface area (Å²) in [5.74, 6) is 1.38. The molecular weight excluding hydrogens is 500 g/mol. The standard InChI is InChI=1S/C30H31F2N5O2/c1-2-20-6-5-7-22(12-20)30(8-9-30)35-18-27(38)25(15-21-13-23(31)16-24(32)14-21)36-29(39)26-17-34-28(19-33-26)37-10-3-4-11-37/h1,5-7,12-14,16-17,19,25,27,35,38H,3-4,8-11,15,18H2,(H,36,39)/t25-,27-/m0/s1. The Morgan fingerprint density at radius 2 is 1.85 bits per heavy atom. The van der Waals surface area contributed by atoms with Crippen molar-refractivity contribution in [2.45, 2.75) is 49.8 Å². The SMILES string of the molecule is C#Cc1cccc(C2(NC[C@H](O)[C@H](Cc3cc(F)cc(F)c3)NC(=O)c3cnc(N4CCCC4)cn3)CC2)c1. The van der Waals surface area contributed by atoms with Crippen LogP contribution in [0.5, 0.6) is 0 Å². The van der Waals surface area contributed by atoms with Gasteiger partial charge in [0.1, 0.15) is 23.1 Å². The maximum Gasteiger partial charge on any atom is 0.271 e. The number of terminal acetylenes is 1. The maximum atomic E-state index is 13.9. The lowest BCUT2D eigenvalue weighted by atomic mass is 9.98. The maximum absolute atomic E-state index is 13.9. The summed E-state index contributed by atoms with van der Waals surface area (Å²) in [4.78, 5) is 23.9. The van der Waals surface area contributed by atoms with Gasteiger partial charge >= 0.3 is 0 Å². The van der Waals surface area contributed by atoms with E-state index < -0.39 is 29.7 Å². The fourth-order valence-corrected chi connectivity index (χ4v) is 5.10. The predicted molar refractivity (Wildman–Crippen MR) is 144 cm³/mol. The van der Waals surface area contributed by atoms with E-state index in [1.165, 1.54) is 18.3 Å². The minimum absolute atomic E-state index is 0.0160. The Morgan fingerprint density at radius 3 is 2.49 bits per heavy atom. The van der Waals surface area contributed by atoms with Crippen LogP contribution < -0.4 is 15.5 Å². The Kier molecular flexibility index (Phi) is 7.87. The molecule has 5 rings (SSSR count). The van der Waals surface area contributed by atoms with E-state index in [1.807, 2.05) is 24.3 Å². The van der Waals surface area contributed by atoms with Crippen LogP contribution in [0.3, 0.4) is 0 Å². The first-order valence-electron chi connectivity index (χ1n) is 13.2. The van der Waals surface area contributed by atoms with Crippen molar-refractivity contribution in [1.82, 2.24) is 20.6 Å². The van der Waals surface area contributed by atoms with Crippen LogP contribution in [0.25, 0.3) is 0 Å². The van der Waals surface area contributed by atoms with Crippen LogP contribution in [0.1, 0.15) is 52.9 Å². The molecule has 2 heterocycles. The summed E-state index contributed by atoms with van der Waals surface area (Å²) in [6, 6.07) is 10.0. The van der Waals surface area contributed by atoms with Crippen molar-refractivity contribution < 1.29 is 18.7 Å². The summed E-state index contributed by atoms with van der Waals surface area (Å²) in [5, 5.41) is 17.4. The fraction of sp³-hybridized carbons (Fsp3) is 0.367. The van der Waals surface area contributed by atoms with Gasteiger partial charge < -0.3 is 20.6 Å². The van der Waals surface area contributed by atoms with Gasteiger partial charge in [-0.2, -0.15) is 0 Å². The van der Waals surface area contributed by atoms with Gasteiger partial charge in [-0.25, -0.2) is 18.7 Å². The largest absolute Gasteiger partial charge is 0.390 e. The van der Waals surface area contributed by atoms with Crippen LogP contribution in [-0.2, 0) is 12.0 Å². The van der Waals surface area contributed by atoms with Crippen molar-refractivity contribution >= 4 is 11.7 Å². The third kappa shape index (κ3) is 6.41. The quantitative estimate of drug-likeness (QED) is 0.348. The Balaban J connectivity index is 1.30. The van der Waals surface area contributed by atoms with Crippen molar-refractivity contribution in [3.8, 4) is 12.3 Å². The molecule has 0 bridgehead atoms. The van der Waals surface area contributed by atoms with Crippen LogP contribution >= 0.6 is 0 Å². The van der Waals surface area contributed by atoms with Gasteiger partial charge in [-0.05, 0) is 67.5 Å². The zero-order valence-corrected chi connectivity index (χ0v) is 21.5. The number of anilines is 1. The van der Waals surface area contributed by atoms with Crippen LogP contribution in [-0.4, -0.2) is 52.8 Å². The number of carbonyl (C=O) groups excluding carboxylic acids is 1. The smallest absolute Gasteiger partial charge is 0.271 e. The van der Waals surface area contributed by atoms with Crippen LogP contribution in [0.4, 0.5) is 14.6 Å². The average Bonchev–Trinajstić information content (AvgIpc) is 3.53. The molecule has 2 aromatic carbocycles. The van der Waals surface area contributed by atoms with Crippen molar-refractivity contribution in [2.24, 2.45) is 0 Å². The Bertz CT molecular complexity index is 1340. The summed E-state index contributed by atoms with van der Waals surface area (Å²) in [6.45, 7) is 1.95. The summed E-state index contributed by atoms with van der Waals surface area (Å²) in [6.07, 6.45) is 11.4. The fourth-order valence-electron chi connectivity index (χ4n) is 5.10. The van der Waals surface area contributed by atoms with Crippen LogP contribution in [0.2, 0.25) is 0 Å². The first kappa shape index (κ1) is 26.7. The molecule has 39 heavy (non-hydrogen) atoms. The lowest BCUT2D eigenvalue weighted by Gasteiger charge is -2.27. The molecule has 202 valence electrons. The van der Waals surface area contributed by atoms with Crippen molar-refractivity contribution in [3.63, 3.8) is 0 Å². The molecule has 2 fully saturated rings. The van der Waals surface area contributed by atoms with Gasteiger partial charge in [0.15, 0.2) is 0 Å². The minimum Gasteiger partial charge on any atom is -0.390 e. The van der Waals surface area contributed by atoms with Crippen molar-refractivity contribution in [2.75, 3.05) is 24.5 Å². The van der Waals surface area contributed by atoms with Gasteiger partial charge in [0.05, 0.1) is 24.5 Å². The highest BCUT2D eigenvalue weighted by molar-refractivity contribution is 5.92. The molecule has 1 aliphatic carbocycles. The number of halogens is 2. The molecule has 7 nitrogen and oxygen atoms in total. The van der Waals surface area contributed by atoms with E-state index in [1.54, 1.807) is 6.20 Å². The number of amides is 1. The predicted octanol–water partition coefficient (Wildman–Crippen LogP) is 3.32. The first-order valence-corrected chi connectivity index (χ1v) is 13.2. The molecule has 0 unspecified atom stereocenters. The van der Waals surface area contributed by atoms with Crippen LogP contribution in [0, 0.1) is 24.0 Å². The topological polar surface area (TPSA) is 90.4 Å². The molecule has 9 heteroatoms. The molecular formula is C30H31F2N5O2. The number of carbonyl (C=O) groups is 1. The Labute approximate surface area is 226 Å². The third-order valence-corrected chi connectivity index (χ3v) is 7.44. The van der Waals surface area contributed by atoms with Gasteiger partial charge in [0.2, 0.25) is 0 Å². The number of rotatable bonds is 10. The second kappa shape index (κ2) is 11.5. The minimum atomic E-state index is -1.06. The van der Waals surface area contributed by atoms with Crippen LogP contribution in [0.15, 0.2) is 54.9 Å². The number of aliphatic hydroxyl groups excluding tert-OH is 1. The van der Waals surface area contributed by atoms with Gasteiger partial charge in [-0.1, -0.05) is 18.1 Å². The summed E-state index contributed by atoms with van der Waals surface area (Å²) >= 11 is 0. The molecule has 3 aromatic rings. The summed E-state index contributed by atoms with van der Waals surface area (Å²) in [7, 11) is 0. The number of benzene rings is 2. The van der Waals surface area contributed by atoms with E-state index in [9.17, 15) is 18.7 Å². The number of hydrogen-bond donors (Lipinski definition) is 3. The van der Waals surface area contributed by atoms with E-state index in [4.69, 9.17) is 6.42 Å². The summed E-state index contributed by atoms with van der Waals surface area (Å²) in [5.41, 5.74) is 1.90. The van der Waals surface area contributed by atoms with E-state index in [0.29, 0.717) is 11.4 Å². The van der Waals surface area contributed by atoms with Crippen molar-refractivity contribution in [1.29, 1.82) is 0 Å². The molecule has 0 radical (unpaired) electrons. The van der Waals surface area contributed by atoms with Gasteiger partial charge in [0.25, 0.3) is 5.91 Å². The number of aliphatic hydroxyl groups is 1. The number of hydrogen-bond acceptors (Lipinski definition) is 6. The normalized spacial score (nSPS) is 17.3. The Hall–Kier alpha value is -3.87. The zero-order valence-electron chi connectivity index (χ0n) is 21.5. The molecule has 1 aliphatic heterocycles. The average molecular weight is 532 g/mol. The highest BCUT2D eigenvalue weighted by atomic mass is 19.1. The van der Waals surface area contributed by atoms with Gasteiger partial charge in [0, 0.05) is 36.8 Å². The van der Waals surface area contributed by atoms with E-state index >= 15 is 0 Å². The lowest BCUT2D eigenvalue weighted by molar-refractivity contribution is 0.0817. The third-order valence-electron chi connectivity index (χ3n) is 7.44. The monoisotopic (exact) mass is 531 g/mol. The van der Waals surface area contributed by atoms with Gasteiger partial charge in [-0.3, -0.25) is 4.79 Å². The highest BCUT2D eigenvalue weighted by Crippen LogP contribution is 2.45. The highest BCUT2D eigenvalue weighted by Gasteiger charge is 2.44.